The van der Waals surface area contributed by atoms with Gasteiger partial charge < -0.3 is 0 Å². The van der Waals surface area contributed by atoms with Gasteiger partial charge in [0, 0.05) is 6.08 Å². The molecule has 0 radical (unpaired) electrons. The Morgan fingerprint density at radius 1 is 0.909 bits per heavy atom. The first-order valence-electron chi connectivity index (χ1n) is 2.52. The lowest BCUT2D eigenvalue weighted by Gasteiger charge is -2.01. The Balaban J connectivity index is 3.80. The highest BCUT2D eigenvalue weighted by Gasteiger charge is 2.27. The number of rotatable bonds is 1. The molecule has 0 saturated carbocycles. The van der Waals surface area contributed by atoms with E-state index in [-0.39, 0.29) is 6.08 Å². The Labute approximate surface area is 58.5 Å². The molecular weight excluding hydrogens is 174 g/mol. The molecule has 0 rings (SSSR count). The molecular formula is C5H4F6. The Bertz CT molecular complexity index is 138. The van der Waals surface area contributed by atoms with Gasteiger partial charge in [0.05, 0.1) is 6.42 Å². The predicted octanol–water partition coefficient (Wildman–Crippen LogP) is 3.06. The van der Waals surface area contributed by atoms with Crippen LogP contribution in [0.2, 0.25) is 0 Å². The first-order chi connectivity index (χ1) is 4.71. The van der Waals surface area contributed by atoms with Gasteiger partial charge in [-0.15, -0.1) is 0 Å². The second-order valence-electron chi connectivity index (χ2n) is 1.76. The van der Waals surface area contributed by atoms with E-state index in [1.165, 1.54) is 0 Å². The molecule has 0 aromatic heterocycles. The van der Waals surface area contributed by atoms with E-state index >= 15 is 0 Å². The predicted molar refractivity (Wildman–Crippen MR) is 25.9 cm³/mol. The molecule has 0 aliphatic heterocycles. The summed E-state index contributed by atoms with van der Waals surface area (Å²) in [7, 11) is 0. The zero-order valence-electron chi connectivity index (χ0n) is 5.13. The van der Waals surface area contributed by atoms with Gasteiger partial charge in [-0.3, -0.25) is 0 Å². The van der Waals surface area contributed by atoms with Crippen LogP contribution in [-0.2, 0) is 0 Å². The fraction of sp³-hybridized carbons (Fsp3) is 0.600. The van der Waals surface area contributed by atoms with Gasteiger partial charge in [0.2, 0.25) is 0 Å². The summed E-state index contributed by atoms with van der Waals surface area (Å²) in [6.45, 7) is 0. The molecule has 0 atom stereocenters. The van der Waals surface area contributed by atoms with Crippen LogP contribution in [0.1, 0.15) is 6.42 Å². The molecule has 0 N–H and O–H groups in total. The van der Waals surface area contributed by atoms with Crippen molar-refractivity contribution in [3.63, 3.8) is 0 Å². The van der Waals surface area contributed by atoms with E-state index in [1.807, 2.05) is 0 Å². The molecule has 0 spiro atoms. The summed E-state index contributed by atoms with van der Waals surface area (Å²) in [6, 6.07) is 0. The van der Waals surface area contributed by atoms with E-state index in [0.717, 1.165) is 0 Å². The maximum Gasteiger partial charge on any atom is 0.409 e. The second kappa shape index (κ2) is 3.15. The zero-order chi connectivity index (χ0) is 9.12. The molecule has 0 heterocycles. The summed E-state index contributed by atoms with van der Waals surface area (Å²) < 4.78 is 67.2. The van der Waals surface area contributed by atoms with Gasteiger partial charge in [0.1, 0.15) is 0 Å². The van der Waals surface area contributed by atoms with E-state index in [9.17, 15) is 26.3 Å². The van der Waals surface area contributed by atoms with E-state index < -0.39 is 24.8 Å². The van der Waals surface area contributed by atoms with Gasteiger partial charge in [0.25, 0.3) is 0 Å². The Kier molecular flexibility index (Phi) is 2.95. The van der Waals surface area contributed by atoms with Crippen molar-refractivity contribution in [2.75, 3.05) is 0 Å². The lowest BCUT2D eigenvalue weighted by Crippen LogP contribution is -2.06. The summed E-state index contributed by atoms with van der Waals surface area (Å²) in [5.74, 6) is 0. The van der Waals surface area contributed by atoms with Crippen LogP contribution < -0.4 is 0 Å². The van der Waals surface area contributed by atoms with Crippen LogP contribution in [0.5, 0.6) is 0 Å². The van der Waals surface area contributed by atoms with Crippen molar-refractivity contribution in [3.8, 4) is 0 Å². The van der Waals surface area contributed by atoms with Gasteiger partial charge in [-0.05, 0) is 0 Å². The first-order valence-corrected chi connectivity index (χ1v) is 2.52. The van der Waals surface area contributed by atoms with Crippen LogP contribution in [0, 0.1) is 0 Å². The minimum Gasteiger partial charge on any atom is -0.171 e. The van der Waals surface area contributed by atoms with Crippen molar-refractivity contribution in [2.24, 2.45) is 0 Å². The number of hydrogen-bond acceptors (Lipinski definition) is 0. The molecule has 6 heteroatoms. The largest absolute Gasteiger partial charge is 0.409 e. The lowest BCUT2D eigenvalue weighted by molar-refractivity contribution is -0.125. The standard InChI is InChI=1S/C5H4F6/c6-4(7,8)2-1-3-5(9,10)11/h1-2H,3H2/b2-1+. The van der Waals surface area contributed by atoms with Crippen molar-refractivity contribution >= 4 is 0 Å². The summed E-state index contributed by atoms with van der Waals surface area (Å²) in [4.78, 5) is 0. The van der Waals surface area contributed by atoms with Crippen molar-refractivity contribution in [1.82, 2.24) is 0 Å². The maximum absolute atomic E-state index is 11.2. The number of allylic oxidation sites excluding steroid dienone is 2. The molecule has 0 saturated heterocycles. The molecule has 0 bridgehead atoms. The molecule has 0 aromatic carbocycles. The SMILES string of the molecule is FC(F)(F)/C=C/CC(F)(F)F. The van der Waals surface area contributed by atoms with E-state index in [2.05, 4.69) is 0 Å². The average Bonchev–Trinajstić information content (AvgIpc) is 1.55. The number of alkyl halides is 6. The lowest BCUT2D eigenvalue weighted by atomic mass is 10.3. The minimum absolute atomic E-state index is 0.0417. The van der Waals surface area contributed by atoms with E-state index in [1.54, 1.807) is 0 Å². The maximum atomic E-state index is 11.2. The third-order valence-electron chi connectivity index (χ3n) is 0.656. The zero-order valence-corrected chi connectivity index (χ0v) is 5.13. The highest BCUT2D eigenvalue weighted by Crippen LogP contribution is 2.22. The van der Waals surface area contributed by atoms with Crippen molar-refractivity contribution in [2.45, 2.75) is 18.8 Å². The molecule has 0 aliphatic carbocycles. The van der Waals surface area contributed by atoms with Crippen LogP contribution in [0.4, 0.5) is 26.3 Å². The number of hydrogen-bond donors (Lipinski definition) is 0. The second-order valence-corrected chi connectivity index (χ2v) is 1.76. The van der Waals surface area contributed by atoms with Gasteiger partial charge >= 0.3 is 12.4 Å². The minimum atomic E-state index is -4.66. The third kappa shape index (κ3) is 9.32. The Hall–Kier alpha value is -0.680. The van der Waals surface area contributed by atoms with Crippen LogP contribution in [0.15, 0.2) is 12.2 Å². The van der Waals surface area contributed by atoms with Crippen LogP contribution in [-0.4, -0.2) is 12.4 Å². The molecule has 66 valence electrons. The molecule has 11 heavy (non-hydrogen) atoms. The van der Waals surface area contributed by atoms with E-state index in [4.69, 9.17) is 0 Å². The highest BCUT2D eigenvalue weighted by molar-refractivity contribution is 4.89. The third-order valence-corrected chi connectivity index (χ3v) is 0.656. The molecule has 0 aromatic rings. The molecule has 0 fully saturated rings. The van der Waals surface area contributed by atoms with Crippen LogP contribution in [0.25, 0.3) is 0 Å². The molecule has 0 unspecified atom stereocenters. The topological polar surface area (TPSA) is 0 Å². The van der Waals surface area contributed by atoms with Gasteiger partial charge in [0.15, 0.2) is 0 Å². The van der Waals surface area contributed by atoms with Crippen molar-refractivity contribution < 1.29 is 26.3 Å². The summed E-state index contributed by atoms with van der Waals surface area (Å²) in [5.41, 5.74) is 0. The summed E-state index contributed by atoms with van der Waals surface area (Å²) >= 11 is 0. The monoisotopic (exact) mass is 178 g/mol. The van der Waals surface area contributed by atoms with Crippen molar-refractivity contribution in [3.05, 3.63) is 12.2 Å². The van der Waals surface area contributed by atoms with Gasteiger partial charge in [-0.2, -0.15) is 26.3 Å². The summed E-state index contributed by atoms with van der Waals surface area (Å²) in [6.07, 6.45) is -11.2. The van der Waals surface area contributed by atoms with Gasteiger partial charge in [-0.1, -0.05) is 6.08 Å². The summed E-state index contributed by atoms with van der Waals surface area (Å²) in [5, 5.41) is 0. The quantitative estimate of drug-likeness (QED) is 0.427. The van der Waals surface area contributed by atoms with Crippen molar-refractivity contribution in [1.29, 1.82) is 0 Å². The highest BCUT2D eigenvalue weighted by atomic mass is 19.4. The van der Waals surface area contributed by atoms with E-state index in [0.29, 0.717) is 0 Å². The smallest absolute Gasteiger partial charge is 0.171 e. The molecule has 0 aliphatic rings. The Morgan fingerprint density at radius 2 is 1.36 bits per heavy atom. The average molecular weight is 178 g/mol. The van der Waals surface area contributed by atoms with Crippen LogP contribution in [0.3, 0.4) is 0 Å². The fourth-order valence-electron chi connectivity index (χ4n) is 0.326. The Morgan fingerprint density at radius 3 is 1.64 bits per heavy atom. The molecule has 0 amide bonds. The number of halogens is 6. The fourth-order valence-corrected chi connectivity index (χ4v) is 0.326. The van der Waals surface area contributed by atoms with Crippen LogP contribution >= 0.6 is 0 Å². The normalized spacial score (nSPS) is 14.4. The van der Waals surface area contributed by atoms with Gasteiger partial charge in [-0.25, -0.2) is 0 Å². The molecule has 0 nitrogen and oxygen atoms in total. The first kappa shape index (κ1) is 10.3.